The van der Waals surface area contributed by atoms with Gasteiger partial charge in [0.25, 0.3) is 5.91 Å². The van der Waals surface area contributed by atoms with Gasteiger partial charge in [-0.3, -0.25) is 4.79 Å². The smallest absolute Gasteiger partial charge is 0.256 e. The van der Waals surface area contributed by atoms with Gasteiger partial charge in [-0.05, 0) is 49.3 Å². The molecule has 1 amide bonds. The number of nitrogens with one attached hydrogen (secondary N) is 1. The molecule has 2 heterocycles. The predicted octanol–water partition coefficient (Wildman–Crippen LogP) is 3.27. The summed E-state index contributed by atoms with van der Waals surface area (Å²) in [4.78, 5) is 13.4. The summed E-state index contributed by atoms with van der Waals surface area (Å²) < 4.78 is 4.92. The second-order valence-corrected chi connectivity index (χ2v) is 5.69. The van der Waals surface area contributed by atoms with Crippen molar-refractivity contribution in [2.45, 2.75) is 24.7 Å². The van der Waals surface area contributed by atoms with Crippen molar-refractivity contribution in [2.24, 2.45) is 0 Å². The Labute approximate surface area is 115 Å². The highest BCUT2D eigenvalue weighted by molar-refractivity contribution is 7.99. The molecular weight excluding hydrogens is 260 g/mol. The maximum Gasteiger partial charge on any atom is 0.256 e. The van der Waals surface area contributed by atoms with E-state index in [4.69, 9.17) is 4.52 Å². The zero-order valence-corrected chi connectivity index (χ0v) is 11.4. The molecule has 0 saturated carbocycles. The SMILES string of the molecule is Cc1cc(NC(=O)c2ccc3c(c2)CCCS3)no1. The standard InChI is InChI=1S/C14H14N2O2S/c1-9-7-13(16-18-9)15-14(17)11-4-5-12-10(8-11)3-2-6-19-12/h4-5,7-8H,2-3,6H2,1H3,(H,15,16,17). The number of hydrogen-bond acceptors (Lipinski definition) is 4. The van der Waals surface area contributed by atoms with Crippen LogP contribution in [0.15, 0.2) is 33.7 Å². The third kappa shape index (κ3) is 2.66. The molecule has 1 aromatic heterocycles. The number of anilines is 1. The van der Waals surface area contributed by atoms with Gasteiger partial charge in [-0.1, -0.05) is 5.16 Å². The van der Waals surface area contributed by atoms with Gasteiger partial charge in [-0.15, -0.1) is 11.8 Å². The number of rotatable bonds is 2. The van der Waals surface area contributed by atoms with Crippen molar-refractivity contribution >= 4 is 23.5 Å². The number of aryl methyl sites for hydroxylation is 2. The van der Waals surface area contributed by atoms with Gasteiger partial charge in [-0.2, -0.15) is 0 Å². The Morgan fingerprint density at radius 2 is 2.32 bits per heavy atom. The number of amides is 1. The first-order chi connectivity index (χ1) is 9.22. The second-order valence-electron chi connectivity index (χ2n) is 4.55. The van der Waals surface area contributed by atoms with Crippen LogP contribution in [0.3, 0.4) is 0 Å². The minimum Gasteiger partial charge on any atom is -0.360 e. The number of benzene rings is 1. The van der Waals surface area contributed by atoms with Crippen LogP contribution < -0.4 is 5.32 Å². The van der Waals surface area contributed by atoms with Crippen LogP contribution in [-0.4, -0.2) is 16.8 Å². The van der Waals surface area contributed by atoms with Crippen molar-refractivity contribution in [3.05, 3.63) is 41.2 Å². The highest BCUT2D eigenvalue weighted by Gasteiger charge is 2.14. The molecule has 1 aliphatic heterocycles. The van der Waals surface area contributed by atoms with E-state index in [1.54, 1.807) is 13.0 Å². The first kappa shape index (κ1) is 12.3. The first-order valence-electron chi connectivity index (χ1n) is 6.23. The van der Waals surface area contributed by atoms with Gasteiger partial charge >= 0.3 is 0 Å². The summed E-state index contributed by atoms with van der Waals surface area (Å²) >= 11 is 1.86. The summed E-state index contributed by atoms with van der Waals surface area (Å²) in [6.07, 6.45) is 2.22. The minimum absolute atomic E-state index is 0.147. The van der Waals surface area contributed by atoms with Crippen LogP contribution in [0.1, 0.15) is 28.1 Å². The zero-order chi connectivity index (χ0) is 13.2. The highest BCUT2D eigenvalue weighted by Crippen LogP contribution is 2.30. The van der Waals surface area contributed by atoms with Crippen LogP contribution in [0.4, 0.5) is 5.82 Å². The quantitative estimate of drug-likeness (QED) is 0.913. The molecule has 0 aliphatic carbocycles. The maximum atomic E-state index is 12.1. The van der Waals surface area contributed by atoms with E-state index >= 15 is 0 Å². The molecule has 0 spiro atoms. The molecule has 4 nitrogen and oxygen atoms in total. The zero-order valence-electron chi connectivity index (χ0n) is 10.6. The number of nitrogens with zero attached hydrogens (tertiary/aromatic N) is 1. The lowest BCUT2D eigenvalue weighted by atomic mass is 10.1. The molecule has 1 aromatic carbocycles. The predicted molar refractivity (Wildman–Crippen MR) is 74.7 cm³/mol. The van der Waals surface area contributed by atoms with Gasteiger partial charge < -0.3 is 9.84 Å². The van der Waals surface area contributed by atoms with Gasteiger partial charge in [0, 0.05) is 16.5 Å². The van der Waals surface area contributed by atoms with E-state index in [0.29, 0.717) is 17.1 Å². The molecule has 1 aliphatic rings. The molecule has 2 aromatic rings. The Balaban J connectivity index is 1.80. The number of carbonyl (C=O) groups excluding carboxylic acids is 1. The molecule has 0 atom stereocenters. The molecule has 0 fully saturated rings. The molecule has 0 saturated heterocycles. The van der Waals surface area contributed by atoms with Gasteiger partial charge in [0.15, 0.2) is 5.82 Å². The second kappa shape index (κ2) is 5.09. The lowest BCUT2D eigenvalue weighted by Gasteiger charge is -2.15. The van der Waals surface area contributed by atoms with Crippen molar-refractivity contribution in [3.8, 4) is 0 Å². The van der Waals surface area contributed by atoms with Crippen LogP contribution in [0.2, 0.25) is 0 Å². The number of fused-ring (bicyclic) bond motifs is 1. The molecular formula is C14H14N2O2S. The molecule has 98 valence electrons. The Bertz CT molecular complexity index is 622. The summed E-state index contributed by atoms with van der Waals surface area (Å²) in [6, 6.07) is 7.57. The van der Waals surface area contributed by atoms with Gasteiger partial charge in [0.2, 0.25) is 0 Å². The number of aromatic nitrogens is 1. The molecule has 19 heavy (non-hydrogen) atoms. The van der Waals surface area contributed by atoms with Crippen molar-refractivity contribution in [1.82, 2.24) is 5.16 Å². The molecule has 5 heteroatoms. The van der Waals surface area contributed by atoms with Crippen LogP contribution in [0.25, 0.3) is 0 Å². The largest absolute Gasteiger partial charge is 0.360 e. The van der Waals surface area contributed by atoms with E-state index in [2.05, 4.69) is 10.5 Å². The Morgan fingerprint density at radius 3 is 3.11 bits per heavy atom. The molecule has 0 unspecified atom stereocenters. The average Bonchev–Trinajstić information content (AvgIpc) is 2.83. The molecule has 0 bridgehead atoms. The van der Waals surface area contributed by atoms with E-state index in [1.807, 2.05) is 30.0 Å². The fourth-order valence-corrected chi connectivity index (χ4v) is 3.13. The van der Waals surface area contributed by atoms with Gasteiger partial charge in [0.05, 0.1) is 0 Å². The van der Waals surface area contributed by atoms with Crippen molar-refractivity contribution in [2.75, 3.05) is 11.1 Å². The van der Waals surface area contributed by atoms with E-state index in [0.717, 1.165) is 12.2 Å². The van der Waals surface area contributed by atoms with Gasteiger partial charge in [0.1, 0.15) is 5.76 Å². The van der Waals surface area contributed by atoms with E-state index in [-0.39, 0.29) is 5.91 Å². The summed E-state index contributed by atoms with van der Waals surface area (Å²) in [6.45, 7) is 1.79. The van der Waals surface area contributed by atoms with Crippen LogP contribution >= 0.6 is 11.8 Å². The van der Waals surface area contributed by atoms with E-state index in [1.165, 1.54) is 16.9 Å². The lowest BCUT2D eigenvalue weighted by Crippen LogP contribution is -2.13. The number of hydrogen-bond donors (Lipinski definition) is 1. The third-order valence-corrected chi connectivity index (χ3v) is 4.24. The minimum atomic E-state index is -0.147. The molecule has 0 radical (unpaired) electrons. The highest BCUT2D eigenvalue weighted by atomic mass is 32.2. The van der Waals surface area contributed by atoms with Crippen LogP contribution in [0.5, 0.6) is 0 Å². The Hall–Kier alpha value is -1.75. The number of carbonyl (C=O) groups is 1. The summed E-state index contributed by atoms with van der Waals surface area (Å²) in [5.41, 5.74) is 1.93. The normalized spacial score (nSPS) is 13.9. The van der Waals surface area contributed by atoms with Crippen molar-refractivity contribution < 1.29 is 9.32 Å². The average molecular weight is 274 g/mol. The maximum absolute atomic E-state index is 12.1. The first-order valence-corrected chi connectivity index (χ1v) is 7.21. The van der Waals surface area contributed by atoms with Gasteiger partial charge in [-0.25, -0.2) is 0 Å². The fraction of sp³-hybridized carbons (Fsp3) is 0.286. The summed E-state index contributed by atoms with van der Waals surface area (Å²) in [5.74, 6) is 2.15. The number of thioether (sulfide) groups is 1. The van der Waals surface area contributed by atoms with Crippen LogP contribution in [-0.2, 0) is 6.42 Å². The lowest BCUT2D eigenvalue weighted by molar-refractivity contribution is 0.102. The summed E-state index contributed by atoms with van der Waals surface area (Å²) in [7, 11) is 0. The topological polar surface area (TPSA) is 55.1 Å². The van der Waals surface area contributed by atoms with Crippen molar-refractivity contribution in [1.29, 1.82) is 0 Å². The fourth-order valence-electron chi connectivity index (χ4n) is 2.12. The Kier molecular flexibility index (Phi) is 3.29. The van der Waals surface area contributed by atoms with Crippen molar-refractivity contribution in [3.63, 3.8) is 0 Å². The third-order valence-electron chi connectivity index (χ3n) is 3.04. The monoisotopic (exact) mass is 274 g/mol. The Morgan fingerprint density at radius 1 is 1.42 bits per heavy atom. The molecule has 1 N–H and O–H groups in total. The summed E-state index contributed by atoms with van der Waals surface area (Å²) in [5, 5.41) is 6.49. The van der Waals surface area contributed by atoms with E-state index in [9.17, 15) is 4.79 Å². The van der Waals surface area contributed by atoms with Crippen LogP contribution in [0, 0.1) is 6.92 Å². The molecule has 3 rings (SSSR count). The van der Waals surface area contributed by atoms with E-state index < -0.39 is 0 Å².